The SMILES string of the molecule is C[C@H](N)C(=O)N1C=NC(=O)C1.NCC(=O)O. The van der Waals surface area contributed by atoms with Crippen molar-refractivity contribution in [2.45, 2.75) is 13.0 Å². The number of nitrogens with zero attached hydrogens (tertiary/aromatic N) is 2. The molecule has 0 saturated heterocycles. The van der Waals surface area contributed by atoms with Crippen molar-refractivity contribution in [1.82, 2.24) is 4.90 Å². The molecule has 8 nitrogen and oxygen atoms in total. The molecule has 16 heavy (non-hydrogen) atoms. The van der Waals surface area contributed by atoms with Crippen LogP contribution in [0.5, 0.6) is 0 Å². The van der Waals surface area contributed by atoms with Crippen LogP contribution < -0.4 is 11.5 Å². The maximum Gasteiger partial charge on any atom is 0.317 e. The molecular formula is C8H14N4O4. The molecule has 0 unspecified atom stereocenters. The number of carboxylic acid groups (broad SMARTS) is 1. The fraction of sp³-hybridized carbons (Fsp3) is 0.500. The molecule has 0 aromatic rings. The van der Waals surface area contributed by atoms with Crippen LogP contribution in [0.25, 0.3) is 0 Å². The van der Waals surface area contributed by atoms with Gasteiger partial charge in [-0.3, -0.25) is 19.3 Å². The third-order valence-electron chi connectivity index (χ3n) is 1.49. The fourth-order valence-electron chi connectivity index (χ4n) is 0.758. The summed E-state index contributed by atoms with van der Waals surface area (Å²) in [5.74, 6) is -1.55. The minimum atomic E-state index is -0.968. The lowest BCUT2D eigenvalue weighted by Gasteiger charge is -2.12. The Kier molecular flexibility index (Phi) is 5.89. The van der Waals surface area contributed by atoms with E-state index in [9.17, 15) is 14.4 Å². The Hall–Kier alpha value is -1.80. The van der Waals surface area contributed by atoms with Gasteiger partial charge in [-0.1, -0.05) is 0 Å². The zero-order valence-corrected chi connectivity index (χ0v) is 8.79. The zero-order chi connectivity index (χ0) is 12.7. The first-order valence-electron chi connectivity index (χ1n) is 4.43. The molecule has 1 aliphatic rings. The molecule has 8 heteroatoms. The van der Waals surface area contributed by atoms with E-state index in [1.54, 1.807) is 6.92 Å². The first-order chi connectivity index (χ1) is 7.38. The zero-order valence-electron chi connectivity index (χ0n) is 8.79. The van der Waals surface area contributed by atoms with Crippen LogP contribution in [0.15, 0.2) is 4.99 Å². The van der Waals surface area contributed by atoms with Gasteiger partial charge < -0.3 is 16.6 Å². The average molecular weight is 230 g/mol. The van der Waals surface area contributed by atoms with Gasteiger partial charge in [0.2, 0.25) is 5.91 Å². The predicted octanol–water partition coefficient (Wildman–Crippen LogP) is -2.24. The van der Waals surface area contributed by atoms with Crippen LogP contribution in [0.4, 0.5) is 0 Å². The Labute approximate surface area is 91.9 Å². The van der Waals surface area contributed by atoms with Crippen molar-refractivity contribution in [1.29, 1.82) is 0 Å². The third kappa shape index (κ3) is 5.17. The van der Waals surface area contributed by atoms with Crippen LogP contribution >= 0.6 is 0 Å². The highest BCUT2D eigenvalue weighted by Gasteiger charge is 2.22. The molecule has 5 N–H and O–H groups in total. The van der Waals surface area contributed by atoms with Gasteiger partial charge in [-0.25, -0.2) is 4.99 Å². The molecule has 0 aromatic heterocycles. The van der Waals surface area contributed by atoms with E-state index in [2.05, 4.69) is 10.7 Å². The summed E-state index contributed by atoms with van der Waals surface area (Å²) in [5.41, 5.74) is 9.87. The largest absolute Gasteiger partial charge is 0.480 e. The lowest BCUT2D eigenvalue weighted by atomic mass is 10.3. The summed E-state index contributed by atoms with van der Waals surface area (Å²) in [5, 5.41) is 7.60. The summed E-state index contributed by atoms with van der Waals surface area (Å²) in [6.45, 7) is 1.32. The molecule has 1 rings (SSSR count). The van der Waals surface area contributed by atoms with Crippen molar-refractivity contribution in [2.75, 3.05) is 13.1 Å². The summed E-state index contributed by atoms with van der Waals surface area (Å²) >= 11 is 0. The standard InChI is InChI=1S/C6H9N3O2.C2H5NO2/c1-4(7)6(11)9-2-5(10)8-3-9;3-1-2(4)5/h3-4H,2,7H2,1H3;1,3H2,(H,4,5)/t4-;/m0./s1. The number of carboxylic acids is 1. The van der Waals surface area contributed by atoms with Crippen molar-refractivity contribution >= 4 is 24.1 Å². The molecule has 0 aromatic carbocycles. The van der Waals surface area contributed by atoms with Gasteiger partial charge in [0, 0.05) is 0 Å². The summed E-state index contributed by atoms with van der Waals surface area (Å²) < 4.78 is 0. The number of nitrogens with two attached hydrogens (primary N) is 2. The molecular weight excluding hydrogens is 216 g/mol. The molecule has 0 aliphatic carbocycles. The summed E-state index contributed by atoms with van der Waals surface area (Å²) in [6.07, 6.45) is 1.22. The Morgan fingerprint density at radius 2 is 2.19 bits per heavy atom. The average Bonchev–Trinajstić information content (AvgIpc) is 2.64. The van der Waals surface area contributed by atoms with E-state index in [1.807, 2.05) is 0 Å². The van der Waals surface area contributed by atoms with Crippen LogP contribution in [-0.2, 0) is 14.4 Å². The van der Waals surface area contributed by atoms with Crippen molar-refractivity contribution < 1.29 is 19.5 Å². The lowest BCUT2D eigenvalue weighted by Crippen LogP contribution is -2.40. The maximum absolute atomic E-state index is 11.0. The second-order valence-electron chi connectivity index (χ2n) is 2.99. The first-order valence-corrected chi connectivity index (χ1v) is 4.43. The highest BCUT2D eigenvalue weighted by molar-refractivity contribution is 6.02. The van der Waals surface area contributed by atoms with Crippen molar-refractivity contribution in [2.24, 2.45) is 16.5 Å². The first kappa shape index (κ1) is 14.2. The Morgan fingerprint density at radius 1 is 1.69 bits per heavy atom. The van der Waals surface area contributed by atoms with E-state index < -0.39 is 12.0 Å². The van der Waals surface area contributed by atoms with E-state index in [0.29, 0.717) is 0 Å². The fourth-order valence-corrected chi connectivity index (χ4v) is 0.758. The van der Waals surface area contributed by atoms with Gasteiger partial charge >= 0.3 is 5.97 Å². The molecule has 0 bridgehead atoms. The molecule has 2 amide bonds. The van der Waals surface area contributed by atoms with Gasteiger partial charge in [-0.15, -0.1) is 0 Å². The van der Waals surface area contributed by atoms with Gasteiger partial charge in [0.25, 0.3) is 5.91 Å². The molecule has 1 heterocycles. The summed E-state index contributed by atoms with van der Waals surface area (Å²) in [6, 6.07) is -0.577. The number of carbonyl (C=O) groups excluding carboxylic acids is 2. The number of hydrogen-bond donors (Lipinski definition) is 3. The number of hydrogen-bond acceptors (Lipinski definition) is 5. The smallest absolute Gasteiger partial charge is 0.317 e. The van der Waals surface area contributed by atoms with Gasteiger partial charge in [0.1, 0.15) is 12.9 Å². The predicted molar refractivity (Wildman–Crippen MR) is 55.6 cm³/mol. The quantitative estimate of drug-likeness (QED) is 0.490. The number of aliphatic carboxylic acids is 1. The van der Waals surface area contributed by atoms with E-state index in [0.717, 1.165) is 0 Å². The second-order valence-corrected chi connectivity index (χ2v) is 2.99. The van der Waals surface area contributed by atoms with E-state index >= 15 is 0 Å². The van der Waals surface area contributed by atoms with Crippen molar-refractivity contribution in [3.63, 3.8) is 0 Å². The third-order valence-corrected chi connectivity index (χ3v) is 1.49. The molecule has 0 spiro atoms. The topological polar surface area (TPSA) is 139 Å². The number of carbonyl (C=O) groups is 3. The monoisotopic (exact) mass is 230 g/mol. The molecule has 0 saturated carbocycles. The van der Waals surface area contributed by atoms with Crippen LogP contribution in [0, 0.1) is 0 Å². The van der Waals surface area contributed by atoms with Crippen molar-refractivity contribution in [3.8, 4) is 0 Å². The lowest BCUT2D eigenvalue weighted by molar-refractivity contribution is -0.135. The normalized spacial score (nSPS) is 15.4. The Balaban J connectivity index is 0.000000385. The number of rotatable bonds is 2. The molecule has 0 radical (unpaired) electrons. The molecule has 1 aliphatic heterocycles. The second kappa shape index (κ2) is 6.64. The summed E-state index contributed by atoms with van der Waals surface area (Å²) in [7, 11) is 0. The van der Waals surface area contributed by atoms with E-state index in [-0.39, 0.29) is 24.9 Å². The van der Waals surface area contributed by atoms with Crippen molar-refractivity contribution in [3.05, 3.63) is 0 Å². The Bertz CT molecular complexity index is 313. The highest BCUT2D eigenvalue weighted by Crippen LogP contribution is 1.97. The maximum atomic E-state index is 11.0. The number of aliphatic imine (C=N–C) groups is 1. The summed E-state index contributed by atoms with van der Waals surface area (Å²) in [4.78, 5) is 35.5. The van der Waals surface area contributed by atoms with E-state index in [4.69, 9.17) is 10.8 Å². The van der Waals surface area contributed by atoms with Gasteiger partial charge in [-0.2, -0.15) is 0 Å². The van der Waals surface area contributed by atoms with Crippen LogP contribution in [0.1, 0.15) is 6.92 Å². The van der Waals surface area contributed by atoms with E-state index in [1.165, 1.54) is 11.2 Å². The molecule has 0 fully saturated rings. The highest BCUT2D eigenvalue weighted by atomic mass is 16.4. The molecule has 90 valence electrons. The number of amides is 2. The Morgan fingerprint density at radius 3 is 2.44 bits per heavy atom. The minimum Gasteiger partial charge on any atom is -0.480 e. The van der Waals surface area contributed by atoms with Gasteiger partial charge in [0.05, 0.1) is 12.6 Å². The van der Waals surface area contributed by atoms with Crippen LogP contribution in [-0.4, -0.2) is 53.3 Å². The van der Waals surface area contributed by atoms with Crippen LogP contribution in [0.2, 0.25) is 0 Å². The molecule has 1 atom stereocenters. The minimum absolute atomic E-state index is 0.0281. The van der Waals surface area contributed by atoms with Gasteiger partial charge in [0.15, 0.2) is 0 Å². The van der Waals surface area contributed by atoms with Gasteiger partial charge in [-0.05, 0) is 6.92 Å². The van der Waals surface area contributed by atoms with Crippen LogP contribution in [0.3, 0.4) is 0 Å².